The number of rotatable bonds is 6. The predicted octanol–water partition coefficient (Wildman–Crippen LogP) is 3.35. The Kier molecular flexibility index (Phi) is 6.48. The molecule has 0 radical (unpaired) electrons. The van der Waals surface area contributed by atoms with Crippen LogP contribution in [0.4, 0.5) is 13.2 Å². The molecule has 0 bridgehead atoms. The summed E-state index contributed by atoms with van der Waals surface area (Å²) in [6.45, 7) is 3.35. The molecular weight excluding hydrogens is 311 g/mol. The molecule has 1 rings (SSSR count). The molecule has 0 fully saturated rings. The molecule has 1 amide bonds. The smallest absolute Gasteiger partial charge is 0.471 e. The topological polar surface area (TPSA) is 47.6 Å². The molecule has 1 atom stereocenters. The van der Waals surface area contributed by atoms with Gasteiger partial charge in [0.15, 0.2) is 0 Å². The molecule has 1 aromatic carbocycles. The SMILES string of the molecule is CC=Cc1cc(OC)c(CC(C)NC(=O)C(F)(F)F)cc1OC. The first-order chi connectivity index (χ1) is 10.7. The van der Waals surface area contributed by atoms with E-state index in [4.69, 9.17) is 9.47 Å². The van der Waals surface area contributed by atoms with Gasteiger partial charge in [0.25, 0.3) is 0 Å². The molecule has 1 unspecified atom stereocenters. The van der Waals surface area contributed by atoms with Crippen molar-refractivity contribution in [2.24, 2.45) is 0 Å². The zero-order chi connectivity index (χ0) is 17.6. The predicted molar refractivity (Wildman–Crippen MR) is 81.6 cm³/mol. The summed E-state index contributed by atoms with van der Waals surface area (Å²) < 4.78 is 47.4. The van der Waals surface area contributed by atoms with Gasteiger partial charge in [0.05, 0.1) is 14.2 Å². The van der Waals surface area contributed by atoms with Crippen molar-refractivity contribution in [3.63, 3.8) is 0 Å². The minimum atomic E-state index is -4.90. The number of benzene rings is 1. The second-order valence-electron chi connectivity index (χ2n) is 4.98. The first-order valence-electron chi connectivity index (χ1n) is 6.98. The molecule has 0 aliphatic heterocycles. The second kappa shape index (κ2) is 7.89. The summed E-state index contributed by atoms with van der Waals surface area (Å²) in [7, 11) is 2.98. The van der Waals surface area contributed by atoms with E-state index >= 15 is 0 Å². The van der Waals surface area contributed by atoms with Crippen LogP contribution in [0.5, 0.6) is 11.5 Å². The van der Waals surface area contributed by atoms with Crippen molar-refractivity contribution in [2.75, 3.05) is 14.2 Å². The van der Waals surface area contributed by atoms with Crippen molar-refractivity contribution in [1.29, 1.82) is 0 Å². The molecule has 0 heterocycles. The van der Waals surface area contributed by atoms with E-state index in [1.165, 1.54) is 21.1 Å². The Bertz CT molecular complexity index is 583. The van der Waals surface area contributed by atoms with Gasteiger partial charge in [-0.25, -0.2) is 0 Å². The van der Waals surface area contributed by atoms with E-state index in [0.29, 0.717) is 17.1 Å². The molecule has 0 saturated carbocycles. The van der Waals surface area contributed by atoms with Gasteiger partial charge in [-0.2, -0.15) is 13.2 Å². The summed E-state index contributed by atoms with van der Waals surface area (Å²) in [5.74, 6) is -0.860. The highest BCUT2D eigenvalue weighted by atomic mass is 19.4. The Morgan fingerprint density at radius 2 is 1.87 bits per heavy atom. The van der Waals surface area contributed by atoms with Crippen LogP contribution in [0.3, 0.4) is 0 Å². The highest BCUT2D eigenvalue weighted by Crippen LogP contribution is 2.30. The fourth-order valence-corrected chi connectivity index (χ4v) is 2.14. The molecule has 23 heavy (non-hydrogen) atoms. The van der Waals surface area contributed by atoms with Gasteiger partial charge in [0, 0.05) is 11.6 Å². The molecule has 7 heteroatoms. The van der Waals surface area contributed by atoms with Gasteiger partial charge in [-0.3, -0.25) is 4.79 Å². The lowest BCUT2D eigenvalue weighted by molar-refractivity contribution is -0.174. The Labute approximate surface area is 133 Å². The number of carbonyl (C=O) groups is 1. The third kappa shape index (κ3) is 5.19. The molecule has 0 spiro atoms. The van der Waals surface area contributed by atoms with E-state index in [1.807, 2.05) is 24.4 Å². The van der Waals surface area contributed by atoms with Crippen LogP contribution in [0.2, 0.25) is 0 Å². The van der Waals surface area contributed by atoms with Crippen LogP contribution >= 0.6 is 0 Å². The van der Waals surface area contributed by atoms with Crippen LogP contribution in [0.25, 0.3) is 6.08 Å². The number of alkyl halides is 3. The average molecular weight is 331 g/mol. The van der Waals surface area contributed by atoms with Gasteiger partial charge in [-0.05, 0) is 38.0 Å². The standard InChI is InChI=1S/C16H20F3NO3/c1-5-6-11-8-14(23-4)12(9-13(11)22-3)7-10(2)20-15(21)16(17,18)19/h5-6,8-10H,7H2,1-4H3,(H,20,21). The quantitative estimate of drug-likeness (QED) is 0.870. The average Bonchev–Trinajstić information content (AvgIpc) is 2.47. The number of halogens is 3. The Hall–Kier alpha value is -2.18. The molecule has 1 N–H and O–H groups in total. The third-order valence-electron chi connectivity index (χ3n) is 3.14. The highest BCUT2D eigenvalue weighted by Gasteiger charge is 2.39. The molecule has 0 aliphatic rings. The number of hydrogen-bond acceptors (Lipinski definition) is 3. The van der Waals surface area contributed by atoms with Gasteiger partial charge in [0.2, 0.25) is 0 Å². The van der Waals surface area contributed by atoms with E-state index < -0.39 is 18.1 Å². The summed E-state index contributed by atoms with van der Waals surface area (Å²) in [5.41, 5.74) is 1.44. The lowest BCUT2D eigenvalue weighted by Gasteiger charge is -2.18. The van der Waals surface area contributed by atoms with E-state index in [0.717, 1.165) is 5.56 Å². The molecule has 0 aromatic heterocycles. The van der Waals surface area contributed by atoms with Crippen molar-refractivity contribution in [2.45, 2.75) is 32.5 Å². The van der Waals surface area contributed by atoms with Gasteiger partial charge in [0.1, 0.15) is 11.5 Å². The molecule has 1 aromatic rings. The zero-order valence-electron chi connectivity index (χ0n) is 13.5. The van der Waals surface area contributed by atoms with Gasteiger partial charge < -0.3 is 14.8 Å². The minimum absolute atomic E-state index is 0.178. The van der Waals surface area contributed by atoms with E-state index in [-0.39, 0.29) is 6.42 Å². The molecular formula is C16H20F3NO3. The van der Waals surface area contributed by atoms with Gasteiger partial charge >= 0.3 is 12.1 Å². The first-order valence-corrected chi connectivity index (χ1v) is 6.98. The van der Waals surface area contributed by atoms with Crippen molar-refractivity contribution in [1.82, 2.24) is 5.32 Å². The molecule has 0 saturated heterocycles. The highest BCUT2D eigenvalue weighted by molar-refractivity contribution is 5.81. The number of hydrogen-bond donors (Lipinski definition) is 1. The van der Waals surface area contributed by atoms with Crippen LogP contribution in [0, 0.1) is 0 Å². The number of carbonyl (C=O) groups excluding carboxylic acids is 1. The normalized spacial score (nSPS) is 13.0. The fourth-order valence-electron chi connectivity index (χ4n) is 2.14. The second-order valence-corrected chi connectivity index (χ2v) is 4.98. The van der Waals surface area contributed by atoms with Crippen LogP contribution in [-0.2, 0) is 11.2 Å². The summed E-state index contributed by atoms with van der Waals surface area (Å²) in [5, 5.41) is 1.92. The van der Waals surface area contributed by atoms with Crippen molar-refractivity contribution in [3.05, 3.63) is 29.3 Å². The van der Waals surface area contributed by atoms with Crippen LogP contribution in [0.15, 0.2) is 18.2 Å². The summed E-state index contributed by atoms with van der Waals surface area (Å²) in [6.07, 6.45) is -1.05. The monoisotopic (exact) mass is 331 g/mol. The van der Waals surface area contributed by atoms with Crippen molar-refractivity contribution >= 4 is 12.0 Å². The van der Waals surface area contributed by atoms with E-state index in [9.17, 15) is 18.0 Å². The maximum atomic E-state index is 12.3. The Balaban J connectivity index is 3.01. The van der Waals surface area contributed by atoms with E-state index in [1.54, 1.807) is 12.1 Å². The van der Waals surface area contributed by atoms with Crippen LogP contribution in [0.1, 0.15) is 25.0 Å². The lowest BCUT2D eigenvalue weighted by atomic mass is 10.0. The fraction of sp³-hybridized carbons (Fsp3) is 0.438. The summed E-state index contributed by atoms with van der Waals surface area (Å²) in [6, 6.07) is 2.73. The Morgan fingerprint density at radius 1 is 1.26 bits per heavy atom. The van der Waals surface area contributed by atoms with E-state index in [2.05, 4.69) is 0 Å². The number of methoxy groups -OCH3 is 2. The number of amides is 1. The molecule has 0 aliphatic carbocycles. The largest absolute Gasteiger partial charge is 0.496 e. The van der Waals surface area contributed by atoms with Gasteiger partial charge in [-0.1, -0.05) is 12.2 Å². The third-order valence-corrected chi connectivity index (χ3v) is 3.14. The van der Waals surface area contributed by atoms with Crippen molar-refractivity contribution < 1.29 is 27.4 Å². The zero-order valence-corrected chi connectivity index (χ0v) is 13.5. The molecule has 128 valence electrons. The number of ether oxygens (including phenoxy) is 2. The maximum Gasteiger partial charge on any atom is 0.471 e. The lowest BCUT2D eigenvalue weighted by Crippen LogP contribution is -2.42. The van der Waals surface area contributed by atoms with Gasteiger partial charge in [-0.15, -0.1) is 0 Å². The van der Waals surface area contributed by atoms with Crippen LogP contribution in [-0.4, -0.2) is 32.3 Å². The maximum absolute atomic E-state index is 12.3. The minimum Gasteiger partial charge on any atom is -0.496 e. The Morgan fingerprint density at radius 3 is 2.35 bits per heavy atom. The van der Waals surface area contributed by atoms with Crippen LogP contribution < -0.4 is 14.8 Å². The first kappa shape index (κ1) is 18.9. The number of allylic oxidation sites excluding steroid dienone is 1. The summed E-state index contributed by atoms with van der Waals surface area (Å²) in [4.78, 5) is 11.0. The number of nitrogens with one attached hydrogen (secondary N) is 1. The van der Waals surface area contributed by atoms with Crippen molar-refractivity contribution in [3.8, 4) is 11.5 Å². The molecule has 4 nitrogen and oxygen atoms in total. The summed E-state index contributed by atoms with van der Waals surface area (Å²) >= 11 is 0.